The third-order valence-electron chi connectivity index (χ3n) is 4.46. The van der Waals surface area contributed by atoms with Gasteiger partial charge in [0.2, 0.25) is 5.76 Å². The summed E-state index contributed by atoms with van der Waals surface area (Å²) in [5.41, 5.74) is 2.43. The van der Waals surface area contributed by atoms with Crippen LogP contribution in [0, 0.1) is 0 Å². The van der Waals surface area contributed by atoms with Crippen molar-refractivity contribution >= 4 is 11.9 Å². The van der Waals surface area contributed by atoms with Crippen LogP contribution in [-0.4, -0.2) is 34.8 Å². The van der Waals surface area contributed by atoms with Gasteiger partial charge in [-0.15, -0.1) is 0 Å². The topological polar surface area (TPSA) is 86.4 Å². The molecule has 0 unspecified atom stereocenters. The first-order chi connectivity index (χ1) is 14.0. The molecule has 7 nitrogen and oxygen atoms in total. The smallest absolute Gasteiger partial charge is 0.374 e. The average molecular weight is 395 g/mol. The molecule has 0 saturated carbocycles. The van der Waals surface area contributed by atoms with E-state index in [2.05, 4.69) is 48.5 Å². The van der Waals surface area contributed by atoms with Gasteiger partial charge in [0.25, 0.3) is 5.91 Å². The van der Waals surface area contributed by atoms with Crippen molar-refractivity contribution in [3.63, 3.8) is 0 Å². The molecule has 29 heavy (non-hydrogen) atoms. The molecular formula is C22H25N3O4. The van der Waals surface area contributed by atoms with Crippen LogP contribution >= 0.6 is 0 Å². The molecule has 0 fully saturated rings. The zero-order valence-electron chi connectivity index (χ0n) is 16.6. The Morgan fingerprint density at radius 1 is 1.17 bits per heavy atom. The van der Waals surface area contributed by atoms with Crippen molar-refractivity contribution in [2.75, 3.05) is 13.2 Å². The van der Waals surface area contributed by atoms with Gasteiger partial charge < -0.3 is 14.5 Å². The molecule has 0 aliphatic heterocycles. The number of carbonyl (C=O) groups excluding carboxylic acids is 2. The van der Waals surface area contributed by atoms with Gasteiger partial charge in [0.1, 0.15) is 5.76 Å². The van der Waals surface area contributed by atoms with Crippen molar-refractivity contribution in [3.05, 3.63) is 77.5 Å². The lowest BCUT2D eigenvalue weighted by Crippen LogP contribution is -2.30. The van der Waals surface area contributed by atoms with E-state index in [0.29, 0.717) is 31.2 Å². The zero-order chi connectivity index (χ0) is 20.6. The summed E-state index contributed by atoms with van der Waals surface area (Å²) in [6, 6.07) is 13.4. The maximum Gasteiger partial charge on any atom is 0.374 e. The number of amides is 1. The summed E-state index contributed by atoms with van der Waals surface area (Å²) < 4.78 is 12.1. The number of nitrogens with zero attached hydrogens (tertiary/aromatic N) is 2. The van der Waals surface area contributed by atoms with Gasteiger partial charge in [0.15, 0.2) is 6.61 Å². The second-order valence-electron chi connectivity index (χ2n) is 7.04. The highest BCUT2D eigenvalue weighted by molar-refractivity contribution is 5.88. The third-order valence-corrected chi connectivity index (χ3v) is 4.46. The first-order valence-corrected chi connectivity index (χ1v) is 9.60. The molecule has 1 aromatic carbocycles. The molecule has 0 bridgehead atoms. The number of hydrogen-bond donors (Lipinski definition) is 1. The second-order valence-corrected chi connectivity index (χ2v) is 7.04. The van der Waals surface area contributed by atoms with Crippen LogP contribution < -0.4 is 5.32 Å². The van der Waals surface area contributed by atoms with Crippen LogP contribution in [0.3, 0.4) is 0 Å². The van der Waals surface area contributed by atoms with Crippen LogP contribution in [0.15, 0.2) is 59.3 Å². The van der Waals surface area contributed by atoms with E-state index in [0.717, 1.165) is 5.56 Å². The van der Waals surface area contributed by atoms with Gasteiger partial charge in [-0.1, -0.05) is 38.1 Å². The molecule has 1 amide bonds. The Hall–Kier alpha value is -3.35. The van der Waals surface area contributed by atoms with Crippen LogP contribution in [-0.2, 0) is 22.5 Å². The van der Waals surface area contributed by atoms with Crippen LogP contribution in [0.4, 0.5) is 0 Å². The lowest BCUT2D eigenvalue weighted by molar-refractivity contribution is -0.124. The predicted molar refractivity (Wildman–Crippen MR) is 108 cm³/mol. The molecule has 1 N–H and O–H groups in total. The Labute approximate surface area is 169 Å². The van der Waals surface area contributed by atoms with E-state index >= 15 is 0 Å². The van der Waals surface area contributed by atoms with E-state index in [1.165, 1.54) is 11.6 Å². The first-order valence-electron chi connectivity index (χ1n) is 9.60. The minimum atomic E-state index is -0.670. The van der Waals surface area contributed by atoms with Gasteiger partial charge in [0, 0.05) is 18.9 Å². The fraction of sp³-hybridized carbons (Fsp3) is 0.318. The molecule has 0 aliphatic rings. The maximum atomic E-state index is 12.0. The summed E-state index contributed by atoms with van der Waals surface area (Å²) in [5.74, 6) is 0.115. The number of carbonyl (C=O) groups is 2. The fourth-order valence-electron chi connectivity index (χ4n) is 2.79. The van der Waals surface area contributed by atoms with Crippen LogP contribution in [0.2, 0.25) is 0 Å². The first kappa shape index (κ1) is 20.4. The van der Waals surface area contributed by atoms with Crippen molar-refractivity contribution < 1.29 is 18.7 Å². The van der Waals surface area contributed by atoms with E-state index in [1.54, 1.807) is 29.2 Å². The molecule has 0 radical (unpaired) electrons. The van der Waals surface area contributed by atoms with Crippen molar-refractivity contribution in [2.24, 2.45) is 0 Å². The van der Waals surface area contributed by atoms with Crippen molar-refractivity contribution in [2.45, 2.75) is 32.7 Å². The molecule has 0 atom stereocenters. The molecule has 7 heteroatoms. The number of benzene rings is 1. The van der Waals surface area contributed by atoms with Crippen LogP contribution in [0.1, 0.15) is 47.2 Å². The molecule has 2 aromatic heterocycles. The number of rotatable bonds is 9. The minimum Gasteiger partial charge on any atom is -0.452 e. The van der Waals surface area contributed by atoms with E-state index < -0.39 is 5.97 Å². The molecule has 0 saturated heterocycles. The van der Waals surface area contributed by atoms with Gasteiger partial charge in [-0.05, 0) is 41.7 Å². The summed E-state index contributed by atoms with van der Waals surface area (Å²) in [6.07, 6.45) is 4.17. The standard InChI is InChI=1S/C22H25N3O4/c1-16(2)18-6-4-17(5-7-18)10-12-23-21(26)15-28-22(27)20-9-8-19(29-20)14-25-13-3-11-24-25/h3-9,11,13,16H,10,12,14-15H2,1-2H3,(H,23,26). The number of ether oxygens (including phenoxy) is 1. The highest BCUT2D eigenvalue weighted by Crippen LogP contribution is 2.14. The Bertz CT molecular complexity index is 927. The number of nitrogens with one attached hydrogen (secondary N) is 1. The molecule has 152 valence electrons. The average Bonchev–Trinajstić information content (AvgIpc) is 3.39. The highest BCUT2D eigenvalue weighted by Gasteiger charge is 2.15. The number of hydrogen-bond acceptors (Lipinski definition) is 5. The number of esters is 1. The fourth-order valence-corrected chi connectivity index (χ4v) is 2.79. The van der Waals surface area contributed by atoms with E-state index in [-0.39, 0.29) is 18.3 Å². The van der Waals surface area contributed by atoms with Crippen LogP contribution in [0.5, 0.6) is 0 Å². The van der Waals surface area contributed by atoms with Crippen LogP contribution in [0.25, 0.3) is 0 Å². The van der Waals surface area contributed by atoms with Crippen molar-refractivity contribution in [3.8, 4) is 0 Å². The van der Waals surface area contributed by atoms with Gasteiger partial charge in [-0.2, -0.15) is 5.10 Å². The van der Waals surface area contributed by atoms with Gasteiger partial charge >= 0.3 is 5.97 Å². The van der Waals surface area contributed by atoms with Gasteiger partial charge in [-0.3, -0.25) is 9.48 Å². The molecule has 3 rings (SSSR count). The normalized spacial score (nSPS) is 10.9. The predicted octanol–water partition coefficient (Wildman–Crippen LogP) is 3.16. The second kappa shape index (κ2) is 9.73. The van der Waals surface area contributed by atoms with Gasteiger partial charge in [0.05, 0.1) is 6.54 Å². The largest absolute Gasteiger partial charge is 0.452 e. The SMILES string of the molecule is CC(C)c1ccc(CCNC(=O)COC(=O)c2ccc(Cn3cccn3)o2)cc1. The summed E-state index contributed by atoms with van der Waals surface area (Å²) in [5, 5.41) is 6.83. The molecule has 0 aliphatic carbocycles. The summed E-state index contributed by atoms with van der Waals surface area (Å²) in [7, 11) is 0. The maximum absolute atomic E-state index is 12.0. The van der Waals surface area contributed by atoms with Gasteiger partial charge in [-0.25, -0.2) is 4.79 Å². The minimum absolute atomic E-state index is 0.0604. The Kier molecular flexibility index (Phi) is 6.84. The quantitative estimate of drug-likeness (QED) is 0.563. The molecular weight excluding hydrogens is 370 g/mol. The lowest BCUT2D eigenvalue weighted by Gasteiger charge is -2.08. The Morgan fingerprint density at radius 3 is 2.66 bits per heavy atom. The monoisotopic (exact) mass is 395 g/mol. The van der Waals surface area contributed by atoms with Crippen molar-refractivity contribution in [1.29, 1.82) is 0 Å². The molecule has 3 aromatic rings. The highest BCUT2D eigenvalue weighted by atomic mass is 16.5. The van der Waals surface area contributed by atoms with E-state index in [4.69, 9.17) is 9.15 Å². The summed E-state index contributed by atoms with van der Waals surface area (Å²) in [6.45, 7) is 4.85. The van der Waals surface area contributed by atoms with E-state index in [1.807, 2.05) is 0 Å². The lowest BCUT2D eigenvalue weighted by atomic mass is 10.0. The van der Waals surface area contributed by atoms with Crippen molar-refractivity contribution in [1.82, 2.24) is 15.1 Å². The summed E-state index contributed by atoms with van der Waals surface area (Å²) >= 11 is 0. The number of aromatic nitrogens is 2. The summed E-state index contributed by atoms with van der Waals surface area (Å²) in [4.78, 5) is 23.9. The zero-order valence-corrected chi connectivity index (χ0v) is 16.6. The Morgan fingerprint density at radius 2 is 1.97 bits per heavy atom. The molecule has 2 heterocycles. The Balaban J connectivity index is 1.37. The molecule has 0 spiro atoms. The number of furan rings is 1. The third kappa shape index (κ3) is 6.07. The van der Waals surface area contributed by atoms with E-state index in [9.17, 15) is 9.59 Å².